The summed E-state index contributed by atoms with van der Waals surface area (Å²) in [6.45, 7) is 0. The van der Waals surface area contributed by atoms with Crippen molar-refractivity contribution in [2.24, 2.45) is 0 Å². The Kier molecular flexibility index (Phi) is 2.93. The average Bonchev–Trinajstić information content (AvgIpc) is 2.74. The van der Waals surface area contributed by atoms with Crippen LogP contribution in [0.4, 0.5) is 5.69 Å². The van der Waals surface area contributed by atoms with E-state index in [1.54, 1.807) is 22.7 Å². The number of nitrogens with two attached hydrogens (primary N) is 1. The molecule has 0 saturated carbocycles. The summed E-state index contributed by atoms with van der Waals surface area (Å²) in [6.07, 6.45) is 4.67. The lowest BCUT2D eigenvalue weighted by atomic mass is 10.1. The first-order valence-electron chi connectivity index (χ1n) is 6.37. The van der Waals surface area contributed by atoms with E-state index in [-0.39, 0.29) is 5.25 Å². The van der Waals surface area contributed by atoms with Gasteiger partial charge in [0.1, 0.15) is 5.82 Å². The molecule has 1 saturated heterocycles. The lowest BCUT2D eigenvalue weighted by Crippen LogP contribution is -2.30. The highest BCUT2D eigenvalue weighted by Gasteiger charge is 2.30. The minimum absolute atomic E-state index is 0.293. The van der Waals surface area contributed by atoms with Gasteiger partial charge in [-0.05, 0) is 18.9 Å². The van der Waals surface area contributed by atoms with E-state index in [1.807, 2.05) is 0 Å². The van der Waals surface area contributed by atoms with Crippen LogP contribution in [0.3, 0.4) is 0 Å². The Morgan fingerprint density at radius 3 is 3.00 bits per heavy atom. The number of nitrogen functional groups attached to an aromatic ring is 1. The Morgan fingerprint density at radius 2 is 2.21 bits per heavy atom. The fourth-order valence-corrected chi connectivity index (χ4v) is 4.42. The van der Waals surface area contributed by atoms with Gasteiger partial charge in [-0.3, -0.25) is 4.40 Å². The van der Waals surface area contributed by atoms with E-state index in [0.717, 1.165) is 12.8 Å². The van der Waals surface area contributed by atoms with Crippen molar-refractivity contribution < 1.29 is 8.42 Å². The normalized spacial score (nSPS) is 22.6. The Bertz CT molecular complexity index is 708. The second-order valence-corrected chi connectivity index (χ2v) is 7.39. The molecule has 2 aromatic rings. The molecule has 2 N–H and O–H groups in total. The summed E-state index contributed by atoms with van der Waals surface area (Å²) in [5.41, 5.74) is 6.96. The number of anilines is 1. The average molecular weight is 280 g/mol. The highest BCUT2D eigenvalue weighted by atomic mass is 32.2. The summed E-state index contributed by atoms with van der Waals surface area (Å²) in [5, 5.41) is 7.79. The van der Waals surface area contributed by atoms with Crippen molar-refractivity contribution in [1.29, 1.82) is 0 Å². The van der Waals surface area contributed by atoms with E-state index < -0.39 is 9.84 Å². The maximum absolute atomic E-state index is 12.0. The number of hydrogen-bond donors (Lipinski definition) is 1. The minimum atomic E-state index is -2.98. The van der Waals surface area contributed by atoms with Crippen LogP contribution in [0.1, 0.15) is 25.1 Å². The summed E-state index contributed by atoms with van der Waals surface area (Å²) < 4.78 is 25.8. The van der Waals surface area contributed by atoms with Crippen molar-refractivity contribution >= 4 is 21.2 Å². The summed E-state index contributed by atoms with van der Waals surface area (Å²) in [6, 6.07) is 3.49. The van der Waals surface area contributed by atoms with E-state index in [1.165, 1.54) is 0 Å². The molecule has 6 nitrogen and oxygen atoms in total. The molecule has 0 radical (unpaired) electrons. The van der Waals surface area contributed by atoms with Crippen molar-refractivity contribution in [3.63, 3.8) is 0 Å². The van der Waals surface area contributed by atoms with Crippen molar-refractivity contribution in [2.45, 2.75) is 30.9 Å². The highest BCUT2D eigenvalue weighted by molar-refractivity contribution is 7.92. The van der Waals surface area contributed by atoms with Gasteiger partial charge in [-0.2, -0.15) is 0 Å². The summed E-state index contributed by atoms with van der Waals surface area (Å²) in [4.78, 5) is 0. The molecule has 1 aliphatic rings. The molecule has 1 fully saturated rings. The van der Waals surface area contributed by atoms with E-state index >= 15 is 0 Å². The van der Waals surface area contributed by atoms with Crippen LogP contribution in [-0.2, 0) is 16.3 Å². The Labute approximate surface area is 111 Å². The largest absolute Gasteiger partial charge is 0.399 e. The fraction of sp³-hybridized carbons (Fsp3) is 0.500. The molecule has 3 heterocycles. The first kappa shape index (κ1) is 12.4. The number of fused-ring (bicyclic) bond motifs is 1. The first-order chi connectivity index (χ1) is 9.06. The van der Waals surface area contributed by atoms with Crippen molar-refractivity contribution in [3.8, 4) is 0 Å². The van der Waals surface area contributed by atoms with Crippen LogP contribution < -0.4 is 5.73 Å². The number of hydrogen-bond acceptors (Lipinski definition) is 5. The Morgan fingerprint density at radius 1 is 1.37 bits per heavy atom. The van der Waals surface area contributed by atoms with Gasteiger partial charge in [0.15, 0.2) is 15.5 Å². The number of aromatic nitrogens is 3. The van der Waals surface area contributed by atoms with E-state index in [4.69, 9.17) is 5.73 Å². The zero-order valence-electron chi connectivity index (χ0n) is 10.5. The molecule has 102 valence electrons. The molecule has 2 aromatic heterocycles. The molecule has 0 spiro atoms. The quantitative estimate of drug-likeness (QED) is 0.879. The molecule has 0 amide bonds. The van der Waals surface area contributed by atoms with Gasteiger partial charge >= 0.3 is 0 Å². The van der Waals surface area contributed by atoms with Gasteiger partial charge in [0.25, 0.3) is 0 Å². The third-order valence-electron chi connectivity index (χ3n) is 3.63. The van der Waals surface area contributed by atoms with Gasteiger partial charge in [-0.15, -0.1) is 10.2 Å². The predicted molar refractivity (Wildman–Crippen MR) is 72.5 cm³/mol. The fourth-order valence-electron chi connectivity index (χ4n) is 2.55. The third kappa shape index (κ3) is 2.30. The summed E-state index contributed by atoms with van der Waals surface area (Å²) in [5.74, 6) is 0.979. The molecule has 0 bridgehead atoms. The number of nitrogens with zero attached hydrogens (tertiary/aromatic N) is 3. The monoisotopic (exact) mass is 280 g/mol. The smallest absolute Gasteiger partial charge is 0.162 e. The van der Waals surface area contributed by atoms with Crippen LogP contribution in [0.15, 0.2) is 18.3 Å². The summed E-state index contributed by atoms with van der Waals surface area (Å²) >= 11 is 0. The molecular formula is C12H16N4O2S. The molecule has 0 aromatic carbocycles. The van der Waals surface area contributed by atoms with Gasteiger partial charge in [-0.25, -0.2) is 8.42 Å². The zero-order valence-corrected chi connectivity index (χ0v) is 11.3. The van der Waals surface area contributed by atoms with Gasteiger partial charge in [0.05, 0.1) is 11.0 Å². The maximum atomic E-state index is 12.0. The molecule has 1 unspecified atom stereocenters. The molecule has 0 aliphatic carbocycles. The number of pyridine rings is 1. The van der Waals surface area contributed by atoms with Crippen LogP contribution in [-0.4, -0.2) is 34.0 Å². The van der Waals surface area contributed by atoms with Crippen LogP contribution in [0.2, 0.25) is 0 Å². The first-order valence-corrected chi connectivity index (χ1v) is 8.08. The molecule has 7 heteroatoms. The summed E-state index contributed by atoms with van der Waals surface area (Å²) in [7, 11) is -2.98. The van der Waals surface area contributed by atoms with Crippen LogP contribution in [0.5, 0.6) is 0 Å². The zero-order chi connectivity index (χ0) is 13.5. The van der Waals surface area contributed by atoms with E-state index in [0.29, 0.717) is 35.8 Å². The number of rotatable bonds is 2. The highest BCUT2D eigenvalue weighted by Crippen LogP contribution is 2.22. The maximum Gasteiger partial charge on any atom is 0.162 e. The lowest BCUT2D eigenvalue weighted by Gasteiger charge is -2.21. The standard InChI is InChI=1S/C12H16N4O2S/c13-9-4-5-16-11(7-9)14-15-12(16)8-10-3-1-2-6-19(10,17)18/h4-5,7,10H,1-3,6,8,13H2. The molecular weight excluding hydrogens is 264 g/mol. The van der Waals surface area contributed by atoms with E-state index in [2.05, 4.69) is 10.2 Å². The molecule has 1 atom stereocenters. The van der Waals surface area contributed by atoms with Crippen molar-refractivity contribution in [1.82, 2.24) is 14.6 Å². The molecule has 19 heavy (non-hydrogen) atoms. The minimum Gasteiger partial charge on any atom is -0.399 e. The SMILES string of the molecule is Nc1ccn2c(CC3CCCCS3(=O)=O)nnc2c1. The second-order valence-electron chi connectivity index (χ2n) is 4.99. The molecule has 1 aliphatic heterocycles. The van der Waals surface area contributed by atoms with Crippen LogP contribution in [0.25, 0.3) is 5.65 Å². The lowest BCUT2D eigenvalue weighted by molar-refractivity contribution is 0.533. The van der Waals surface area contributed by atoms with E-state index in [9.17, 15) is 8.42 Å². The Balaban J connectivity index is 1.93. The van der Waals surface area contributed by atoms with Crippen molar-refractivity contribution in [2.75, 3.05) is 11.5 Å². The van der Waals surface area contributed by atoms with Gasteiger partial charge < -0.3 is 5.73 Å². The van der Waals surface area contributed by atoms with Gasteiger partial charge in [0, 0.05) is 24.4 Å². The topological polar surface area (TPSA) is 90.3 Å². The van der Waals surface area contributed by atoms with Gasteiger partial charge in [0.2, 0.25) is 0 Å². The molecule has 3 rings (SSSR count). The van der Waals surface area contributed by atoms with Crippen LogP contribution in [0, 0.1) is 0 Å². The third-order valence-corrected chi connectivity index (χ3v) is 5.90. The Hall–Kier alpha value is -1.63. The van der Waals surface area contributed by atoms with Crippen molar-refractivity contribution in [3.05, 3.63) is 24.2 Å². The number of sulfone groups is 1. The second kappa shape index (κ2) is 4.48. The van der Waals surface area contributed by atoms with Crippen LogP contribution >= 0.6 is 0 Å². The van der Waals surface area contributed by atoms with Gasteiger partial charge in [-0.1, -0.05) is 6.42 Å². The predicted octanol–water partition coefficient (Wildman–Crippen LogP) is 0.821.